The van der Waals surface area contributed by atoms with Gasteiger partial charge in [0, 0.05) is 44.2 Å². The highest BCUT2D eigenvalue weighted by Gasteiger charge is 2.22. The number of nitrogens with zero attached hydrogens (tertiary/aromatic N) is 2. The Kier molecular flexibility index (Phi) is 4.84. The maximum atomic E-state index is 12.3. The number of urea groups is 1. The topological polar surface area (TPSA) is 65.8 Å². The van der Waals surface area contributed by atoms with Crippen molar-refractivity contribution in [3.8, 4) is 0 Å². The average Bonchev–Trinajstić information content (AvgIpc) is 3.03. The summed E-state index contributed by atoms with van der Waals surface area (Å²) in [5, 5.41) is 3.79. The fourth-order valence-corrected chi connectivity index (χ4v) is 2.74. The van der Waals surface area contributed by atoms with Crippen molar-refractivity contribution in [1.29, 1.82) is 0 Å². The van der Waals surface area contributed by atoms with Crippen molar-refractivity contribution in [2.24, 2.45) is 0 Å². The van der Waals surface area contributed by atoms with Gasteiger partial charge in [-0.1, -0.05) is 18.2 Å². The lowest BCUT2D eigenvalue weighted by molar-refractivity contribution is -0.127. The van der Waals surface area contributed by atoms with Crippen LogP contribution in [0.1, 0.15) is 12.7 Å². The number of piperazine rings is 1. The fourth-order valence-electron chi connectivity index (χ4n) is 2.74. The third-order valence-corrected chi connectivity index (χ3v) is 4.04. The smallest absolute Gasteiger partial charge is 0.317 e. The molecule has 1 saturated heterocycles. The summed E-state index contributed by atoms with van der Waals surface area (Å²) >= 11 is 0. The summed E-state index contributed by atoms with van der Waals surface area (Å²) in [7, 11) is 0. The zero-order chi connectivity index (χ0) is 16.9. The number of carbonyl (C=O) groups excluding carboxylic acids is 2. The number of benzene rings is 1. The molecule has 126 valence electrons. The molecule has 1 aliphatic rings. The first-order valence-electron chi connectivity index (χ1n) is 8.15. The zero-order valence-corrected chi connectivity index (χ0v) is 13.7. The number of hydrogen-bond donors (Lipinski definition) is 1. The molecule has 1 aliphatic heterocycles. The highest BCUT2D eigenvalue weighted by atomic mass is 16.3. The zero-order valence-electron chi connectivity index (χ0n) is 13.7. The van der Waals surface area contributed by atoms with Gasteiger partial charge in [0.15, 0.2) is 0 Å². The summed E-state index contributed by atoms with van der Waals surface area (Å²) in [6.07, 6.45) is 3.22. The molecule has 0 saturated carbocycles. The van der Waals surface area contributed by atoms with Crippen LogP contribution in [0, 0.1) is 0 Å². The highest BCUT2D eigenvalue weighted by Crippen LogP contribution is 2.19. The molecule has 6 heteroatoms. The van der Waals surface area contributed by atoms with Crippen LogP contribution in [0.25, 0.3) is 17.0 Å². The van der Waals surface area contributed by atoms with Gasteiger partial charge >= 0.3 is 6.03 Å². The van der Waals surface area contributed by atoms with Crippen molar-refractivity contribution in [1.82, 2.24) is 15.1 Å². The van der Waals surface area contributed by atoms with E-state index in [4.69, 9.17) is 4.42 Å². The molecule has 3 rings (SSSR count). The molecule has 0 spiro atoms. The lowest BCUT2D eigenvalue weighted by Crippen LogP contribution is -2.52. The summed E-state index contributed by atoms with van der Waals surface area (Å²) in [5.41, 5.74) is 0.806. The lowest BCUT2D eigenvalue weighted by atomic mass is 10.2. The van der Waals surface area contributed by atoms with Crippen LogP contribution in [0.4, 0.5) is 4.79 Å². The normalized spacial score (nSPS) is 15.2. The van der Waals surface area contributed by atoms with E-state index in [0.29, 0.717) is 38.5 Å². The lowest BCUT2D eigenvalue weighted by Gasteiger charge is -2.34. The number of amides is 3. The second-order valence-electron chi connectivity index (χ2n) is 5.67. The van der Waals surface area contributed by atoms with Gasteiger partial charge in [-0.05, 0) is 25.1 Å². The van der Waals surface area contributed by atoms with E-state index in [2.05, 4.69) is 5.32 Å². The van der Waals surface area contributed by atoms with Crippen molar-refractivity contribution in [3.05, 3.63) is 42.2 Å². The number of rotatable bonds is 3. The molecule has 3 amide bonds. The first-order valence-corrected chi connectivity index (χ1v) is 8.15. The van der Waals surface area contributed by atoms with Gasteiger partial charge in [-0.3, -0.25) is 4.79 Å². The summed E-state index contributed by atoms with van der Waals surface area (Å²) in [4.78, 5) is 27.5. The minimum Gasteiger partial charge on any atom is -0.457 e. The molecule has 0 aliphatic carbocycles. The van der Waals surface area contributed by atoms with Gasteiger partial charge in [0.1, 0.15) is 11.3 Å². The highest BCUT2D eigenvalue weighted by molar-refractivity contribution is 5.92. The van der Waals surface area contributed by atoms with E-state index in [1.54, 1.807) is 15.9 Å². The monoisotopic (exact) mass is 327 g/mol. The molecular formula is C18H21N3O3. The van der Waals surface area contributed by atoms with Gasteiger partial charge in [-0.15, -0.1) is 0 Å². The summed E-state index contributed by atoms with van der Waals surface area (Å²) in [6.45, 7) is 4.69. The van der Waals surface area contributed by atoms with Gasteiger partial charge in [0.2, 0.25) is 5.91 Å². The number of nitrogens with one attached hydrogen (secondary N) is 1. The Morgan fingerprint density at radius 2 is 1.88 bits per heavy atom. The minimum atomic E-state index is -0.0672. The van der Waals surface area contributed by atoms with Crippen molar-refractivity contribution in [2.45, 2.75) is 6.92 Å². The van der Waals surface area contributed by atoms with E-state index < -0.39 is 0 Å². The molecular weight excluding hydrogens is 306 g/mol. The molecule has 0 bridgehead atoms. The van der Waals surface area contributed by atoms with E-state index >= 15 is 0 Å². The van der Waals surface area contributed by atoms with E-state index in [0.717, 1.165) is 11.0 Å². The Morgan fingerprint density at radius 1 is 1.17 bits per heavy atom. The molecule has 2 aromatic rings. The maximum absolute atomic E-state index is 12.3. The molecule has 1 aromatic heterocycles. The third-order valence-electron chi connectivity index (χ3n) is 4.04. The molecule has 0 atom stereocenters. The maximum Gasteiger partial charge on any atom is 0.317 e. The predicted molar refractivity (Wildman–Crippen MR) is 92.5 cm³/mol. The largest absolute Gasteiger partial charge is 0.457 e. The molecule has 24 heavy (non-hydrogen) atoms. The number of furan rings is 1. The summed E-state index contributed by atoms with van der Waals surface area (Å²) in [6, 6.07) is 9.57. The predicted octanol–water partition coefficient (Wildman–Crippen LogP) is 2.32. The van der Waals surface area contributed by atoms with Gasteiger partial charge in [-0.2, -0.15) is 0 Å². The van der Waals surface area contributed by atoms with Crippen LogP contribution in [0.15, 0.2) is 40.8 Å². The summed E-state index contributed by atoms with van der Waals surface area (Å²) < 4.78 is 5.66. The third kappa shape index (κ3) is 3.59. The van der Waals surface area contributed by atoms with Gasteiger partial charge < -0.3 is 19.5 Å². The van der Waals surface area contributed by atoms with Crippen LogP contribution in [0.5, 0.6) is 0 Å². The number of hydrogen-bond acceptors (Lipinski definition) is 3. The van der Waals surface area contributed by atoms with Crippen LogP contribution < -0.4 is 5.32 Å². The van der Waals surface area contributed by atoms with Gasteiger partial charge in [0.25, 0.3) is 0 Å². The second kappa shape index (κ2) is 7.21. The SMILES string of the molecule is CCNC(=O)N1CCN(C(=O)/C=C/c2cc3ccccc3o2)CC1. The Labute approximate surface area is 140 Å². The Morgan fingerprint density at radius 3 is 2.58 bits per heavy atom. The average molecular weight is 327 g/mol. The van der Waals surface area contributed by atoms with Crippen LogP contribution >= 0.6 is 0 Å². The fraction of sp³-hybridized carbons (Fsp3) is 0.333. The van der Waals surface area contributed by atoms with E-state index in [-0.39, 0.29) is 11.9 Å². The number of carbonyl (C=O) groups is 2. The molecule has 0 radical (unpaired) electrons. The van der Waals surface area contributed by atoms with E-state index in [9.17, 15) is 9.59 Å². The Hall–Kier alpha value is -2.76. The van der Waals surface area contributed by atoms with Crippen LogP contribution in [-0.2, 0) is 4.79 Å². The van der Waals surface area contributed by atoms with Crippen molar-refractivity contribution >= 4 is 29.0 Å². The first-order chi connectivity index (χ1) is 11.7. The molecule has 1 fully saturated rings. The van der Waals surface area contributed by atoms with Crippen LogP contribution in [0.2, 0.25) is 0 Å². The first kappa shape index (κ1) is 16.1. The van der Waals surface area contributed by atoms with Crippen molar-refractivity contribution < 1.29 is 14.0 Å². The number of para-hydroxylation sites is 1. The molecule has 1 aromatic carbocycles. The molecule has 2 heterocycles. The van der Waals surface area contributed by atoms with Crippen molar-refractivity contribution in [3.63, 3.8) is 0 Å². The summed E-state index contributed by atoms with van der Waals surface area (Å²) in [5.74, 6) is 0.594. The molecule has 0 unspecified atom stereocenters. The molecule has 6 nitrogen and oxygen atoms in total. The van der Waals surface area contributed by atoms with Crippen molar-refractivity contribution in [2.75, 3.05) is 32.7 Å². The van der Waals surface area contributed by atoms with Gasteiger partial charge in [0.05, 0.1) is 0 Å². The standard InChI is InChI=1S/C18H21N3O3/c1-2-19-18(23)21-11-9-20(10-12-21)17(22)8-7-15-13-14-5-3-4-6-16(14)24-15/h3-8,13H,2,9-12H2,1H3,(H,19,23)/b8-7+. The van der Waals surface area contributed by atoms with Crippen LogP contribution in [0.3, 0.4) is 0 Å². The minimum absolute atomic E-state index is 0.0639. The Bertz CT molecular complexity index is 725. The second-order valence-corrected chi connectivity index (χ2v) is 5.67. The van der Waals surface area contributed by atoms with Crippen LogP contribution in [-0.4, -0.2) is 54.5 Å². The Balaban J connectivity index is 1.56. The van der Waals surface area contributed by atoms with E-state index in [1.165, 1.54) is 6.08 Å². The quantitative estimate of drug-likeness (QED) is 0.880. The number of fused-ring (bicyclic) bond motifs is 1. The van der Waals surface area contributed by atoms with E-state index in [1.807, 2.05) is 37.3 Å². The van der Waals surface area contributed by atoms with Gasteiger partial charge in [-0.25, -0.2) is 4.79 Å². The molecule has 1 N–H and O–H groups in total.